The van der Waals surface area contributed by atoms with E-state index in [1.54, 1.807) is 0 Å². The Labute approximate surface area is 104 Å². The molecule has 2 N–H and O–H groups in total. The number of nitrogens with one attached hydrogen (secondary N) is 1. The Kier molecular flexibility index (Phi) is 4.55. The van der Waals surface area contributed by atoms with E-state index < -0.39 is 0 Å². The van der Waals surface area contributed by atoms with Crippen LogP contribution >= 0.6 is 0 Å². The van der Waals surface area contributed by atoms with E-state index in [9.17, 15) is 9.90 Å². The summed E-state index contributed by atoms with van der Waals surface area (Å²) >= 11 is 0. The van der Waals surface area contributed by atoms with E-state index in [4.69, 9.17) is 0 Å². The highest BCUT2D eigenvalue weighted by Gasteiger charge is 2.42. The predicted octanol–water partition coefficient (Wildman–Crippen LogP) is 1.33. The monoisotopic (exact) mass is 243 g/mol. The van der Waals surface area contributed by atoms with Gasteiger partial charge in [-0.05, 0) is 30.6 Å². The van der Waals surface area contributed by atoms with Crippen molar-refractivity contribution in [3.63, 3.8) is 0 Å². The minimum atomic E-state index is -0.338. The topological polar surface area (TPSA) is 58.6 Å². The molecular weight excluding hydrogens is 218 g/mol. The van der Waals surface area contributed by atoms with Crippen LogP contribution in [0.3, 0.4) is 0 Å². The largest absolute Gasteiger partial charge is 0.468 e. The van der Waals surface area contributed by atoms with Gasteiger partial charge in [0.25, 0.3) is 0 Å². The SMILES string of the molecule is COC(=O)CNC1(CO)CC(C)CC(C)(C)C1. The van der Waals surface area contributed by atoms with Crippen molar-refractivity contribution in [1.82, 2.24) is 5.32 Å². The number of ether oxygens (including phenoxy) is 1. The molecular formula is C13H25NO3. The summed E-state index contributed by atoms with van der Waals surface area (Å²) in [6.07, 6.45) is 2.95. The molecule has 0 amide bonds. The average Bonchev–Trinajstić information content (AvgIpc) is 2.23. The number of methoxy groups -OCH3 is 1. The summed E-state index contributed by atoms with van der Waals surface area (Å²) in [6.45, 7) is 6.86. The first kappa shape index (κ1) is 14.5. The third-order valence-corrected chi connectivity index (χ3v) is 3.60. The Bertz CT molecular complexity index is 278. The lowest BCUT2D eigenvalue weighted by Crippen LogP contribution is -2.56. The lowest BCUT2D eigenvalue weighted by Gasteiger charge is -2.47. The van der Waals surface area contributed by atoms with E-state index in [0.717, 1.165) is 19.3 Å². The van der Waals surface area contributed by atoms with Gasteiger partial charge >= 0.3 is 5.97 Å². The van der Waals surface area contributed by atoms with Crippen LogP contribution in [0.1, 0.15) is 40.0 Å². The molecule has 17 heavy (non-hydrogen) atoms. The molecule has 1 saturated carbocycles. The Hall–Kier alpha value is -0.610. The zero-order valence-corrected chi connectivity index (χ0v) is 11.4. The van der Waals surface area contributed by atoms with Crippen molar-refractivity contribution in [2.45, 2.75) is 45.6 Å². The zero-order valence-electron chi connectivity index (χ0n) is 11.4. The Morgan fingerprint density at radius 3 is 2.59 bits per heavy atom. The molecule has 0 spiro atoms. The van der Waals surface area contributed by atoms with Crippen LogP contribution in [0.25, 0.3) is 0 Å². The van der Waals surface area contributed by atoms with Crippen LogP contribution in [0.5, 0.6) is 0 Å². The maximum absolute atomic E-state index is 11.2. The summed E-state index contributed by atoms with van der Waals surface area (Å²) in [5, 5.41) is 12.9. The fourth-order valence-electron chi connectivity index (χ4n) is 3.39. The van der Waals surface area contributed by atoms with Gasteiger partial charge in [0.1, 0.15) is 0 Å². The first-order valence-electron chi connectivity index (χ1n) is 6.25. The van der Waals surface area contributed by atoms with Crippen LogP contribution in [-0.4, -0.2) is 36.9 Å². The molecule has 0 saturated heterocycles. The summed E-state index contributed by atoms with van der Waals surface area (Å²) in [5.41, 5.74) is -0.140. The Morgan fingerprint density at radius 2 is 2.12 bits per heavy atom. The van der Waals surface area contributed by atoms with E-state index in [1.165, 1.54) is 7.11 Å². The van der Waals surface area contributed by atoms with Crippen molar-refractivity contribution in [2.75, 3.05) is 20.3 Å². The first-order chi connectivity index (χ1) is 7.82. The van der Waals surface area contributed by atoms with Gasteiger partial charge in [0.15, 0.2) is 0 Å². The number of esters is 1. The molecule has 0 radical (unpaired) electrons. The minimum absolute atomic E-state index is 0.0672. The first-order valence-corrected chi connectivity index (χ1v) is 6.25. The van der Waals surface area contributed by atoms with Gasteiger partial charge < -0.3 is 9.84 Å². The molecule has 2 unspecified atom stereocenters. The molecule has 0 aromatic carbocycles. The molecule has 0 heterocycles. The summed E-state index contributed by atoms with van der Waals surface area (Å²) < 4.78 is 4.63. The second-order valence-corrected chi connectivity index (χ2v) is 6.22. The number of rotatable bonds is 4. The van der Waals surface area contributed by atoms with Crippen molar-refractivity contribution in [2.24, 2.45) is 11.3 Å². The standard InChI is InChI=1S/C13H25NO3/c1-10-5-12(2,3)8-13(6-10,9-15)14-7-11(16)17-4/h10,14-15H,5-9H2,1-4H3. The molecule has 4 heteroatoms. The van der Waals surface area contributed by atoms with Crippen LogP contribution in [0.15, 0.2) is 0 Å². The zero-order chi connectivity index (χ0) is 13.1. The quantitative estimate of drug-likeness (QED) is 0.731. The van der Waals surface area contributed by atoms with Crippen molar-refractivity contribution < 1.29 is 14.6 Å². The van der Waals surface area contributed by atoms with Gasteiger partial charge in [0, 0.05) is 5.54 Å². The van der Waals surface area contributed by atoms with Crippen molar-refractivity contribution in [3.05, 3.63) is 0 Å². The normalized spacial score (nSPS) is 32.2. The molecule has 0 bridgehead atoms. The van der Waals surface area contributed by atoms with Gasteiger partial charge in [0.05, 0.1) is 20.3 Å². The van der Waals surface area contributed by atoms with Gasteiger partial charge in [-0.25, -0.2) is 0 Å². The smallest absolute Gasteiger partial charge is 0.319 e. The van der Waals surface area contributed by atoms with Gasteiger partial charge in [-0.2, -0.15) is 0 Å². The van der Waals surface area contributed by atoms with E-state index in [1.807, 2.05) is 0 Å². The predicted molar refractivity (Wildman–Crippen MR) is 66.6 cm³/mol. The average molecular weight is 243 g/mol. The van der Waals surface area contributed by atoms with E-state index >= 15 is 0 Å². The van der Waals surface area contributed by atoms with Crippen molar-refractivity contribution in [1.29, 1.82) is 0 Å². The fraction of sp³-hybridized carbons (Fsp3) is 0.923. The summed E-state index contributed by atoms with van der Waals surface area (Å²) in [6, 6.07) is 0. The fourth-order valence-corrected chi connectivity index (χ4v) is 3.39. The molecule has 1 fully saturated rings. The number of aliphatic hydroxyl groups is 1. The maximum atomic E-state index is 11.2. The Balaban J connectivity index is 2.69. The van der Waals surface area contributed by atoms with Gasteiger partial charge in [-0.1, -0.05) is 20.8 Å². The number of hydrogen-bond acceptors (Lipinski definition) is 4. The highest BCUT2D eigenvalue weighted by Crippen LogP contribution is 2.43. The summed E-state index contributed by atoms with van der Waals surface area (Å²) in [7, 11) is 1.38. The maximum Gasteiger partial charge on any atom is 0.319 e. The molecule has 2 atom stereocenters. The summed E-state index contributed by atoms with van der Waals surface area (Å²) in [5.74, 6) is 0.268. The van der Waals surface area contributed by atoms with E-state index in [2.05, 4.69) is 30.8 Å². The lowest BCUT2D eigenvalue weighted by atomic mass is 9.64. The third kappa shape index (κ3) is 3.96. The van der Waals surface area contributed by atoms with E-state index in [-0.39, 0.29) is 30.1 Å². The van der Waals surface area contributed by atoms with Crippen LogP contribution in [0, 0.1) is 11.3 Å². The highest BCUT2D eigenvalue weighted by molar-refractivity contribution is 5.71. The molecule has 0 aromatic heterocycles. The molecule has 1 rings (SSSR count). The van der Waals surface area contributed by atoms with Crippen LogP contribution in [0.2, 0.25) is 0 Å². The van der Waals surface area contributed by atoms with E-state index in [0.29, 0.717) is 5.92 Å². The van der Waals surface area contributed by atoms with Crippen LogP contribution in [0.4, 0.5) is 0 Å². The number of carbonyl (C=O) groups is 1. The minimum Gasteiger partial charge on any atom is -0.468 e. The van der Waals surface area contributed by atoms with Gasteiger partial charge in [-0.3, -0.25) is 10.1 Å². The summed E-state index contributed by atoms with van der Waals surface area (Å²) in [4.78, 5) is 11.2. The molecule has 4 nitrogen and oxygen atoms in total. The second-order valence-electron chi connectivity index (χ2n) is 6.22. The molecule has 100 valence electrons. The van der Waals surface area contributed by atoms with Crippen molar-refractivity contribution in [3.8, 4) is 0 Å². The third-order valence-electron chi connectivity index (χ3n) is 3.60. The molecule has 0 aromatic rings. The van der Waals surface area contributed by atoms with Crippen LogP contribution in [-0.2, 0) is 9.53 Å². The lowest BCUT2D eigenvalue weighted by molar-refractivity contribution is -0.140. The van der Waals surface area contributed by atoms with Gasteiger partial charge in [0.2, 0.25) is 0 Å². The number of carbonyl (C=O) groups excluding carboxylic acids is 1. The van der Waals surface area contributed by atoms with Crippen molar-refractivity contribution >= 4 is 5.97 Å². The Morgan fingerprint density at radius 1 is 1.47 bits per heavy atom. The number of hydrogen-bond donors (Lipinski definition) is 2. The second kappa shape index (κ2) is 5.36. The molecule has 0 aliphatic heterocycles. The number of aliphatic hydroxyl groups excluding tert-OH is 1. The highest BCUT2D eigenvalue weighted by atomic mass is 16.5. The van der Waals surface area contributed by atoms with Crippen LogP contribution < -0.4 is 5.32 Å². The molecule has 1 aliphatic rings. The molecule has 1 aliphatic carbocycles. The van der Waals surface area contributed by atoms with Gasteiger partial charge in [-0.15, -0.1) is 0 Å².